The second kappa shape index (κ2) is 8.93. The van der Waals surface area contributed by atoms with E-state index >= 15 is 0 Å². The molecule has 0 heterocycles. The van der Waals surface area contributed by atoms with Gasteiger partial charge < -0.3 is 19.7 Å². The Hall–Kier alpha value is -2.53. The summed E-state index contributed by atoms with van der Waals surface area (Å²) in [5.41, 5.74) is 1.95. The van der Waals surface area contributed by atoms with Crippen molar-refractivity contribution in [2.45, 2.75) is 13.5 Å². The summed E-state index contributed by atoms with van der Waals surface area (Å²) in [5.74, 6) is 1.63. The number of rotatable bonds is 8. The Bertz CT molecular complexity index is 639. The van der Waals surface area contributed by atoms with Gasteiger partial charge in [-0.05, 0) is 55.5 Å². The molecule has 1 unspecified atom stereocenters. The molecule has 0 radical (unpaired) electrons. The van der Waals surface area contributed by atoms with Crippen molar-refractivity contribution in [1.82, 2.24) is 0 Å². The van der Waals surface area contributed by atoms with Crippen LogP contribution in [0.2, 0.25) is 0 Å². The van der Waals surface area contributed by atoms with E-state index in [1.807, 2.05) is 62.5 Å². The first kappa shape index (κ1) is 17.8. The average Bonchev–Trinajstić information content (AvgIpc) is 2.57. The number of nitrogens with one attached hydrogen (secondary N) is 2. The summed E-state index contributed by atoms with van der Waals surface area (Å²) in [6.45, 7) is 3.75. The fourth-order valence-electron chi connectivity index (χ4n) is 2.43. The molecular weight excluding hydrogens is 304 g/mol. The fraction of sp³-hybridized carbons (Fsp3) is 0.316. The molecule has 128 valence electrons. The molecule has 1 amide bonds. The Balaban J connectivity index is 1.82. The minimum atomic E-state index is -0.00910. The minimum Gasteiger partial charge on any atom is -0.497 e. The van der Waals surface area contributed by atoms with Crippen LogP contribution in [0.15, 0.2) is 48.5 Å². The first-order valence-corrected chi connectivity index (χ1v) is 8.07. The molecule has 2 aromatic rings. The number of anilines is 1. The van der Waals surface area contributed by atoms with Crippen LogP contribution >= 0.6 is 0 Å². The Morgan fingerprint density at radius 2 is 1.67 bits per heavy atom. The summed E-state index contributed by atoms with van der Waals surface area (Å²) in [5, 5.41) is 2.91. The highest BCUT2D eigenvalue weighted by atomic mass is 16.5. The van der Waals surface area contributed by atoms with E-state index in [-0.39, 0.29) is 5.91 Å². The Morgan fingerprint density at radius 3 is 2.25 bits per heavy atom. The highest BCUT2D eigenvalue weighted by Gasteiger charge is 2.11. The number of benzene rings is 2. The molecule has 0 aliphatic heterocycles. The molecule has 0 aliphatic carbocycles. The van der Waals surface area contributed by atoms with E-state index in [1.54, 1.807) is 7.11 Å². The van der Waals surface area contributed by atoms with Crippen LogP contribution in [-0.4, -0.2) is 33.2 Å². The number of likely N-dealkylation sites (N-methyl/N-ethyl adjacent to an activating group) is 1. The Morgan fingerprint density at radius 1 is 1.04 bits per heavy atom. The van der Waals surface area contributed by atoms with E-state index in [9.17, 15) is 4.79 Å². The third-order valence-corrected chi connectivity index (χ3v) is 3.58. The second-order valence-electron chi connectivity index (χ2n) is 5.66. The lowest BCUT2D eigenvalue weighted by Crippen LogP contribution is -3.08. The molecule has 0 saturated carbocycles. The predicted octanol–water partition coefficient (Wildman–Crippen LogP) is 1.75. The standard InChI is InChI=1S/C19H24N2O3/c1-4-24-18-11-7-16(8-12-18)20-19(22)14-21(2)13-15-5-9-17(23-3)10-6-15/h5-12H,4,13-14H2,1-3H3,(H,20,22)/p+1. The van der Waals surface area contributed by atoms with Gasteiger partial charge in [-0.2, -0.15) is 0 Å². The smallest absolute Gasteiger partial charge is 0.279 e. The zero-order valence-electron chi connectivity index (χ0n) is 14.5. The lowest BCUT2D eigenvalue weighted by molar-refractivity contribution is -0.885. The van der Waals surface area contributed by atoms with E-state index in [1.165, 1.54) is 5.56 Å². The fourth-order valence-corrected chi connectivity index (χ4v) is 2.43. The summed E-state index contributed by atoms with van der Waals surface area (Å²) in [4.78, 5) is 13.3. The molecule has 0 aliphatic rings. The van der Waals surface area contributed by atoms with Gasteiger partial charge >= 0.3 is 0 Å². The number of quaternary nitrogens is 1. The first-order valence-electron chi connectivity index (χ1n) is 8.07. The van der Waals surface area contributed by atoms with Crippen LogP contribution < -0.4 is 19.7 Å². The second-order valence-corrected chi connectivity index (χ2v) is 5.66. The van der Waals surface area contributed by atoms with Gasteiger partial charge in [0.25, 0.3) is 5.91 Å². The van der Waals surface area contributed by atoms with Gasteiger partial charge in [-0.3, -0.25) is 4.79 Å². The summed E-state index contributed by atoms with van der Waals surface area (Å²) in [6, 6.07) is 15.3. The van der Waals surface area contributed by atoms with E-state index in [0.29, 0.717) is 13.2 Å². The molecule has 1 atom stereocenters. The zero-order chi connectivity index (χ0) is 17.4. The van der Waals surface area contributed by atoms with Crippen molar-refractivity contribution in [2.75, 3.05) is 32.6 Å². The van der Waals surface area contributed by atoms with Gasteiger partial charge in [-0.1, -0.05) is 0 Å². The minimum absolute atomic E-state index is 0.00910. The molecule has 2 aromatic carbocycles. The van der Waals surface area contributed by atoms with E-state index in [0.717, 1.165) is 28.6 Å². The van der Waals surface area contributed by atoms with Crippen molar-refractivity contribution in [3.8, 4) is 11.5 Å². The van der Waals surface area contributed by atoms with Gasteiger partial charge in [0, 0.05) is 11.3 Å². The maximum atomic E-state index is 12.1. The highest BCUT2D eigenvalue weighted by Crippen LogP contribution is 2.15. The third kappa shape index (κ3) is 5.59. The predicted molar refractivity (Wildman–Crippen MR) is 94.7 cm³/mol. The van der Waals surface area contributed by atoms with Gasteiger partial charge in [-0.25, -0.2) is 0 Å². The van der Waals surface area contributed by atoms with Crippen LogP contribution in [-0.2, 0) is 11.3 Å². The molecule has 24 heavy (non-hydrogen) atoms. The van der Waals surface area contributed by atoms with Crippen LogP contribution in [0.1, 0.15) is 12.5 Å². The topological polar surface area (TPSA) is 52.0 Å². The van der Waals surface area contributed by atoms with E-state index < -0.39 is 0 Å². The van der Waals surface area contributed by atoms with Crippen molar-refractivity contribution >= 4 is 11.6 Å². The number of ether oxygens (including phenoxy) is 2. The molecule has 0 aromatic heterocycles. The SMILES string of the molecule is CCOc1ccc(NC(=O)C[NH+](C)Cc2ccc(OC)cc2)cc1. The van der Waals surface area contributed by atoms with Gasteiger partial charge in [0.15, 0.2) is 6.54 Å². The molecule has 0 spiro atoms. The third-order valence-electron chi connectivity index (χ3n) is 3.58. The van der Waals surface area contributed by atoms with Gasteiger partial charge in [0.1, 0.15) is 18.0 Å². The number of amides is 1. The van der Waals surface area contributed by atoms with Crippen molar-refractivity contribution in [2.24, 2.45) is 0 Å². The maximum Gasteiger partial charge on any atom is 0.279 e. The average molecular weight is 329 g/mol. The molecule has 0 bridgehead atoms. The van der Waals surface area contributed by atoms with Crippen molar-refractivity contribution in [3.63, 3.8) is 0 Å². The van der Waals surface area contributed by atoms with E-state index in [4.69, 9.17) is 9.47 Å². The number of carbonyl (C=O) groups excluding carboxylic acids is 1. The Kier molecular flexibility index (Phi) is 6.63. The largest absolute Gasteiger partial charge is 0.497 e. The van der Waals surface area contributed by atoms with Gasteiger partial charge in [-0.15, -0.1) is 0 Å². The molecular formula is C19H25N2O3+. The van der Waals surface area contributed by atoms with Crippen molar-refractivity contribution in [1.29, 1.82) is 0 Å². The number of carbonyl (C=O) groups is 1. The van der Waals surface area contributed by atoms with Crippen LogP contribution in [0.3, 0.4) is 0 Å². The summed E-state index contributed by atoms with van der Waals surface area (Å²) >= 11 is 0. The number of hydrogen-bond acceptors (Lipinski definition) is 3. The first-order chi connectivity index (χ1) is 11.6. The zero-order valence-corrected chi connectivity index (χ0v) is 14.5. The number of hydrogen-bond donors (Lipinski definition) is 2. The van der Waals surface area contributed by atoms with Crippen LogP contribution in [0.4, 0.5) is 5.69 Å². The molecule has 5 nitrogen and oxygen atoms in total. The molecule has 2 rings (SSSR count). The highest BCUT2D eigenvalue weighted by molar-refractivity contribution is 5.91. The van der Waals surface area contributed by atoms with Gasteiger partial charge in [0.2, 0.25) is 0 Å². The lowest BCUT2D eigenvalue weighted by Gasteiger charge is -2.14. The normalized spacial score (nSPS) is 11.6. The maximum absolute atomic E-state index is 12.1. The monoisotopic (exact) mass is 329 g/mol. The lowest BCUT2D eigenvalue weighted by atomic mass is 10.2. The van der Waals surface area contributed by atoms with Crippen molar-refractivity contribution < 1.29 is 19.2 Å². The van der Waals surface area contributed by atoms with Crippen molar-refractivity contribution in [3.05, 3.63) is 54.1 Å². The molecule has 0 saturated heterocycles. The van der Waals surface area contributed by atoms with Crippen LogP contribution in [0, 0.1) is 0 Å². The molecule has 5 heteroatoms. The quantitative estimate of drug-likeness (QED) is 0.776. The van der Waals surface area contributed by atoms with Crippen LogP contribution in [0.5, 0.6) is 11.5 Å². The number of methoxy groups -OCH3 is 1. The Labute approximate surface area is 143 Å². The molecule has 2 N–H and O–H groups in total. The van der Waals surface area contributed by atoms with Crippen LogP contribution in [0.25, 0.3) is 0 Å². The summed E-state index contributed by atoms with van der Waals surface area (Å²) < 4.78 is 10.5. The van der Waals surface area contributed by atoms with Gasteiger partial charge in [0.05, 0.1) is 20.8 Å². The summed E-state index contributed by atoms with van der Waals surface area (Å²) in [6.07, 6.45) is 0. The van der Waals surface area contributed by atoms with E-state index in [2.05, 4.69) is 5.32 Å². The molecule has 0 fully saturated rings. The summed E-state index contributed by atoms with van der Waals surface area (Å²) in [7, 11) is 3.65.